The maximum absolute atomic E-state index is 12.3. The van der Waals surface area contributed by atoms with E-state index in [2.05, 4.69) is 0 Å². The van der Waals surface area contributed by atoms with Gasteiger partial charge in [0.25, 0.3) is 0 Å². The fraction of sp³-hybridized carbons (Fsp3) is 0.556. The fourth-order valence-electron chi connectivity index (χ4n) is 1.26. The first kappa shape index (κ1) is 10.6. The number of allylic oxidation sites excluding steroid dienone is 4. The number of hydrogen-bond acceptors (Lipinski definition) is 0. The highest BCUT2D eigenvalue weighted by molar-refractivity contribution is 6.30. The van der Waals surface area contributed by atoms with Crippen LogP contribution in [-0.4, -0.2) is 6.18 Å². The van der Waals surface area contributed by atoms with Crippen LogP contribution >= 0.6 is 11.6 Å². The Morgan fingerprint density at radius 3 is 2.31 bits per heavy atom. The predicted octanol–water partition coefficient (Wildman–Crippen LogP) is 4.03. The van der Waals surface area contributed by atoms with Crippen LogP contribution in [-0.2, 0) is 0 Å². The first-order chi connectivity index (χ1) is 5.82. The lowest BCUT2D eigenvalue weighted by molar-refractivity contribution is -0.160. The Morgan fingerprint density at radius 1 is 1.38 bits per heavy atom. The summed E-state index contributed by atoms with van der Waals surface area (Å²) < 4.78 is 36.9. The van der Waals surface area contributed by atoms with E-state index in [0.29, 0.717) is 10.6 Å². The molecule has 1 aliphatic carbocycles. The lowest BCUT2D eigenvalue weighted by Gasteiger charge is -2.22. The molecular weight excluding hydrogens is 201 g/mol. The quantitative estimate of drug-likeness (QED) is 0.566. The molecular formula is C9H10ClF3. The van der Waals surface area contributed by atoms with Gasteiger partial charge in [0.2, 0.25) is 0 Å². The summed E-state index contributed by atoms with van der Waals surface area (Å²) in [6.07, 6.45) is -3.06. The Bertz CT molecular complexity index is 273. The minimum atomic E-state index is -4.18. The molecule has 4 heteroatoms. The Labute approximate surface area is 80.1 Å². The highest BCUT2D eigenvalue weighted by Gasteiger charge is 2.39. The molecule has 0 amide bonds. The molecule has 0 heterocycles. The zero-order chi connectivity index (χ0) is 10.2. The molecule has 13 heavy (non-hydrogen) atoms. The molecule has 0 aromatic heterocycles. The summed E-state index contributed by atoms with van der Waals surface area (Å²) in [7, 11) is 0. The van der Waals surface area contributed by atoms with E-state index in [-0.39, 0.29) is 6.42 Å². The van der Waals surface area contributed by atoms with Gasteiger partial charge in [-0.25, -0.2) is 0 Å². The second-order valence-corrected chi connectivity index (χ2v) is 3.69. The largest absolute Gasteiger partial charge is 0.395 e. The van der Waals surface area contributed by atoms with Crippen molar-refractivity contribution in [3.05, 3.63) is 22.3 Å². The Kier molecular flexibility index (Phi) is 2.76. The average Bonchev–Trinajstić information content (AvgIpc) is 1.97. The Balaban J connectivity index is 2.92. The minimum Gasteiger partial charge on any atom is -0.170 e. The van der Waals surface area contributed by atoms with E-state index < -0.39 is 12.1 Å². The van der Waals surface area contributed by atoms with Gasteiger partial charge in [-0.1, -0.05) is 23.3 Å². The number of hydrogen-bond donors (Lipinski definition) is 0. The predicted molar refractivity (Wildman–Crippen MR) is 46.5 cm³/mol. The van der Waals surface area contributed by atoms with E-state index in [4.69, 9.17) is 11.6 Å². The molecule has 0 fully saturated rings. The summed E-state index contributed by atoms with van der Waals surface area (Å²) in [4.78, 5) is 0. The molecule has 0 radical (unpaired) electrons. The van der Waals surface area contributed by atoms with E-state index in [9.17, 15) is 13.2 Å². The third kappa shape index (κ3) is 2.27. The lowest BCUT2D eigenvalue weighted by Crippen LogP contribution is -2.23. The topological polar surface area (TPSA) is 0 Å². The van der Waals surface area contributed by atoms with Gasteiger partial charge in [0, 0.05) is 5.03 Å². The summed E-state index contributed by atoms with van der Waals surface area (Å²) in [6, 6.07) is 0. The first-order valence-electron chi connectivity index (χ1n) is 3.93. The minimum absolute atomic E-state index is 0.117. The molecule has 0 bridgehead atoms. The molecule has 1 rings (SSSR count). The molecule has 0 aromatic carbocycles. The molecule has 1 atom stereocenters. The maximum Gasteiger partial charge on any atom is 0.395 e. The average molecular weight is 211 g/mol. The van der Waals surface area contributed by atoms with Crippen molar-refractivity contribution in [3.8, 4) is 0 Å². The zero-order valence-corrected chi connectivity index (χ0v) is 8.13. The summed E-state index contributed by atoms with van der Waals surface area (Å²) in [5.41, 5.74) is 1.39. The van der Waals surface area contributed by atoms with E-state index in [1.807, 2.05) is 0 Å². The van der Waals surface area contributed by atoms with Crippen LogP contribution < -0.4 is 0 Å². The van der Waals surface area contributed by atoms with E-state index in [1.165, 1.54) is 6.08 Å². The second-order valence-electron chi connectivity index (χ2n) is 3.23. The van der Waals surface area contributed by atoms with Crippen LogP contribution in [0.1, 0.15) is 20.3 Å². The van der Waals surface area contributed by atoms with Gasteiger partial charge in [0.05, 0.1) is 5.92 Å². The van der Waals surface area contributed by atoms with Gasteiger partial charge in [-0.2, -0.15) is 13.2 Å². The number of rotatable bonds is 0. The highest BCUT2D eigenvalue weighted by atomic mass is 35.5. The van der Waals surface area contributed by atoms with Crippen molar-refractivity contribution >= 4 is 11.6 Å². The van der Waals surface area contributed by atoms with Gasteiger partial charge in [-0.15, -0.1) is 0 Å². The van der Waals surface area contributed by atoms with Crippen molar-refractivity contribution < 1.29 is 13.2 Å². The second kappa shape index (κ2) is 3.37. The normalized spacial score (nSPS) is 24.8. The fourth-order valence-corrected chi connectivity index (χ4v) is 1.57. The highest BCUT2D eigenvalue weighted by Crippen LogP contribution is 2.39. The van der Waals surface area contributed by atoms with Gasteiger partial charge in [-0.05, 0) is 25.8 Å². The molecule has 0 aromatic rings. The van der Waals surface area contributed by atoms with Crippen LogP contribution in [0.15, 0.2) is 22.3 Å². The summed E-state index contributed by atoms with van der Waals surface area (Å²) in [5, 5.41) is 0.322. The third-order valence-electron chi connectivity index (χ3n) is 2.27. The van der Waals surface area contributed by atoms with Crippen molar-refractivity contribution in [2.24, 2.45) is 5.92 Å². The van der Waals surface area contributed by atoms with Crippen molar-refractivity contribution in [1.29, 1.82) is 0 Å². The van der Waals surface area contributed by atoms with E-state index >= 15 is 0 Å². The summed E-state index contributed by atoms with van der Waals surface area (Å²) in [6.45, 7) is 3.39. The van der Waals surface area contributed by atoms with Gasteiger partial charge in [-0.3, -0.25) is 0 Å². The van der Waals surface area contributed by atoms with Crippen molar-refractivity contribution in [3.63, 3.8) is 0 Å². The van der Waals surface area contributed by atoms with Crippen molar-refractivity contribution in [2.75, 3.05) is 0 Å². The number of alkyl halides is 3. The molecule has 1 aliphatic rings. The van der Waals surface area contributed by atoms with Gasteiger partial charge >= 0.3 is 6.18 Å². The van der Waals surface area contributed by atoms with E-state index in [1.54, 1.807) is 13.8 Å². The third-order valence-corrected chi connectivity index (χ3v) is 2.71. The lowest BCUT2D eigenvalue weighted by atomic mass is 9.91. The summed E-state index contributed by atoms with van der Waals surface area (Å²) in [5.74, 6) is -1.41. The van der Waals surface area contributed by atoms with Crippen molar-refractivity contribution in [1.82, 2.24) is 0 Å². The van der Waals surface area contributed by atoms with Crippen molar-refractivity contribution in [2.45, 2.75) is 26.4 Å². The van der Waals surface area contributed by atoms with Crippen LogP contribution in [0, 0.1) is 5.92 Å². The Morgan fingerprint density at radius 2 is 1.92 bits per heavy atom. The van der Waals surface area contributed by atoms with Crippen LogP contribution in [0.5, 0.6) is 0 Å². The van der Waals surface area contributed by atoms with E-state index in [0.717, 1.165) is 5.57 Å². The zero-order valence-electron chi connectivity index (χ0n) is 7.37. The molecule has 0 N–H and O–H groups in total. The molecule has 1 unspecified atom stereocenters. The van der Waals surface area contributed by atoms with Gasteiger partial charge < -0.3 is 0 Å². The van der Waals surface area contributed by atoms with Gasteiger partial charge in [0.15, 0.2) is 0 Å². The van der Waals surface area contributed by atoms with Crippen LogP contribution in [0.3, 0.4) is 0 Å². The molecule has 74 valence electrons. The number of halogens is 4. The molecule has 0 nitrogen and oxygen atoms in total. The first-order valence-corrected chi connectivity index (χ1v) is 4.31. The SMILES string of the molecule is CC1=CC(C(F)(F)F)CC(Cl)=C1C. The van der Waals surface area contributed by atoms with Gasteiger partial charge in [0.1, 0.15) is 0 Å². The van der Waals surface area contributed by atoms with Crippen LogP contribution in [0.2, 0.25) is 0 Å². The molecule has 0 spiro atoms. The molecule has 0 saturated heterocycles. The molecule has 0 aliphatic heterocycles. The van der Waals surface area contributed by atoms with Crippen LogP contribution in [0.25, 0.3) is 0 Å². The standard InChI is InChI=1S/C9H10ClF3/c1-5-3-7(9(11,12)13)4-8(10)6(5)2/h3,7H,4H2,1-2H3. The monoisotopic (exact) mass is 210 g/mol. The Hall–Kier alpha value is -0.440. The van der Waals surface area contributed by atoms with Crippen LogP contribution in [0.4, 0.5) is 13.2 Å². The molecule has 0 saturated carbocycles. The smallest absolute Gasteiger partial charge is 0.170 e. The maximum atomic E-state index is 12.3. The summed E-state index contributed by atoms with van der Waals surface area (Å²) >= 11 is 5.70.